The van der Waals surface area contributed by atoms with E-state index in [9.17, 15) is 8.78 Å². The number of halogens is 2. The van der Waals surface area contributed by atoms with Gasteiger partial charge in [-0.2, -0.15) is 0 Å². The van der Waals surface area contributed by atoms with Crippen molar-refractivity contribution in [1.29, 1.82) is 0 Å². The molecule has 0 bridgehead atoms. The van der Waals surface area contributed by atoms with Gasteiger partial charge in [-0.25, -0.2) is 13.8 Å². The Kier molecular flexibility index (Phi) is 6.53. The van der Waals surface area contributed by atoms with Gasteiger partial charge in [0, 0.05) is 19.2 Å². The second-order valence-corrected chi connectivity index (χ2v) is 4.64. The van der Waals surface area contributed by atoms with Gasteiger partial charge in [-0.05, 0) is 12.3 Å². The Bertz CT molecular complexity index is 393. The lowest BCUT2D eigenvalue weighted by Gasteiger charge is -2.15. The SMILES string of the molecule is CCCNc1nc(NCC(CC)CC)c(F)cc1F. The summed E-state index contributed by atoms with van der Waals surface area (Å²) in [4.78, 5) is 3.98. The Hall–Kier alpha value is -1.39. The van der Waals surface area contributed by atoms with Crippen LogP contribution < -0.4 is 10.6 Å². The summed E-state index contributed by atoms with van der Waals surface area (Å²) in [7, 11) is 0. The largest absolute Gasteiger partial charge is 0.368 e. The summed E-state index contributed by atoms with van der Waals surface area (Å²) in [5, 5.41) is 5.82. The third-order valence-electron chi connectivity index (χ3n) is 3.18. The molecule has 0 spiro atoms. The summed E-state index contributed by atoms with van der Waals surface area (Å²) in [5.41, 5.74) is 0. The normalized spacial score (nSPS) is 10.8. The maximum atomic E-state index is 13.6. The Balaban J connectivity index is 2.76. The minimum absolute atomic E-state index is 0.107. The molecule has 0 amide bonds. The van der Waals surface area contributed by atoms with Crippen LogP contribution in [0.2, 0.25) is 0 Å². The highest BCUT2D eigenvalue weighted by Gasteiger charge is 2.12. The quantitative estimate of drug-likeness (QED) is 0.749. The van der Waals surface area contributed by atoms with E-state index in [0.29, 0.717) is 19.0 Å². The lowest BCUT2D eigenvalue weighted by atomic mass is 10.0. The Morgan fingerprint density at radius 1 is 1.05 bits per heavy atom. The van der Waals surface area contributed by atoms with Crippen LogP contribution >= 0.6 is 0 Å². The summed E-state index contributed by atoms with van der Waals surface area (Å²) in [6.45, 7) is 7.43. The standard InChI is InChI=1S/C14H23F2N3/c1-4-7-17-13-11(15)8-12(16)14(19-13)18-9-10(5-2)6-3/h8,10H,4-7,9H2,1-3H3,(H2,17,18,19). The highest BCUT2D eigenvalue weighted by Crippen LogP contribution is 2.20. The van der Waals surface area contributed by atoms with Crippen molar-refractivity contribution in [1.82, 2.24) is 4.98 Å². The summed E-state index contributed by atoms with van der Waals surface area (Å²) in [6, 6.07) is 0.875. The van der Waals surface area contributed by atoms with E-state index in [1.165, 1.54) is 0 Å². The van der Waals surface area contributed by atoms with Crippen molar-refractivity contribution in [3.63, 3.8) is 0 Å². The fraction of sp³-hybridized carbons (Fsp3) is 0.643. The average molecular weight is 271 g/mol. The van der Waals surface area contributed by atoms with Crippen LogP contribution in [0.5, 0.6) is 0 Å². The van der Waals surface area contributed by atoms with E-state index in [1.54, 1.807) is 0 Å². The van der Waals surface area contributed by atoms with E-state index in [1.807, 2.05) is 6.92 Å². The van der Waals surface area contributed by atoms with E-state index in [0.717, 1.165) is 25.3 Å². The molecule has 108 valence electrons. The van der Waals surface area contributed by atoms with Gasteiger partial charge in [0.05, 0.1) is 0 Å². The van der Waals surface area contributed by atoms with Gasteiger partial charge in [-0.15, -0.1) is 0 Å². The molecule has 0 saturated heterocycles. The van der Waals surface area contributed by atoms with Crippen LogP contribution in [0.25, 0.3) is 0 Å². The molecule has 1 heterocycles. The minimum Gasteiger partial charge on any atom is -0.368 e. The van der Waals surface area contributed by atoms with Gasteiger partial charge in [-0.1, -0.05) is 33.6 Å². The molecule has 0 fully saturated rings. The van der Waals surface area contributed by atoms with E-state index in [4.69, 9.17) is 0 Å². The monoisotopic (exact) mass is 271 g/mol. The summed E-state index contributed by atoms with van der Waals surface area (Å²) < 4.78 is 27.1. The molecule has 0 aliphatic carbocycles. The van der Waals surface area contributed by atoms with Crippen LogP contribution in [0.4, 0.5) is 20.4 Å². The molecular weight excluding hydrogens is 248 g/mol. The molecule has 1 rings (SSSR count). The number of aromatic nitrogens is 1. The highest BCUT2D eigenvalue weighted by atomic mass is 19.1. The molecule has 0 atom stereocenters. The number of nitrogens with one attached hydrogen (secondary N) is 2. The molecule has 5 heteroatoms. The smallest absolute Gasteiger partial charge is 0.168 e. The molecule has 0 aromatic carbocycles. The molecule has 0 saturated carbocycles. The lowest BCUT2D eigenvalue weighted by molar-refractivity contribution is 0.514. The second-order valence-electron chi connectivity index (χ2n) is 4.64. The van der Waals surface area contributed by atoms with Gasteiger partial charge in [-0.3, -0.25) is 0 Å². The van der Waals surface area contributed by atoms with Crippen molar-refractivity contribution in [2.45, 2.75) is 40.0 Å². The predicted molar refractivity (Wildman–Crippen MR) is 75.5 cm³/mol. The number of rotatable bonds is 8. The van der Waals surface area contributed by atoms with Gasteiger partial charge in [0.25, 0.3) is 0 Å². The number of nitrogens with zero attached hydrogens (tertiary/aromatic N) is 1. The third kappa shape index (κ3) is 4.65. The zero-order valence-electron chi connectivity index (χ0n) is 11.9. The Labute approximate surface area is 113 Å². The van der Waals surface area contributed by atoms with Crippen LogP contribution in [0, 0.1) is 17.6 Å². The number of pyridine rings is 1. The summed E-state index contributed by atoms with van der Waals surface area (Å²) in [5.74, 6) is -0.606. The molecule has 2 N–H and O–H groups in total. The molecule has 1 aromatic heterocycles. The number of hydrogen-bond donors (Lipinski definition) is 2. The van der Waals surface area contributed by atoms with Crippen molar-refractivity contribution in [3.8, 4) is 0 Å². The molecule has 1 aromatic rings. The van der Waals surface area contributed by atoms with Gasteiger partial charge >= 0.3 is 0 Å². The topological polar surface area (TPSA) is 37.0 Å². The van der Waals surface area contributed by atoms with Gasteiger partial charge in [0.15, 0.2) is 23.3 Å². The van der Waals surface area contributed by atoms with E-state index in [2.05, 4.69) is 29.5 Å². The van der Waals surface area contributed by atoms with Gasteiger partial charge < -0.3 is 10.6 Å². The molecule has 0 unspecified atom stereocenters. The van der Waals surface area contributed by atoms with E-state index < -0.39 is 11.6 Å². The Morgan fingerprint density at radius 3 is 2.16 bits per heavy atom. The van der Waals surface area contributed by atoms with Crippen LogP contribution in [-0.4, -0.2) is 18.1 Å². The van der Waals surface area contributed by atoms with Gasteiger partial charge in [0.2, 0.25) is 0 Å². The van der Waals surface area contributed by atoms with E-state index >= 15 is 0 Å². The highest BCUT2D eigenvalue weighted by molar-refractivity contribution is 5.47. The second kappa shape index (κ2) is 7.92. The average Bonchev–Trinajstić information content (AvgIpc) is 2.40. The van der Waals surface area contributed by atoms with Crippen LogP contribution in [0.3, 0.4) is 0 Å². The summed E-state index contributed by atoms with van der Waals surface area (Å²) in [6.07, 6.45) is 2.90. The van der Waals surface area contributed by atoms with Crippen molar-refractivity contribution < 1.29 is 8.78 Å². The van der Waals surface area contributed by atoms with Crippen LogP contribution in [0.15, 0.2) is 6.07 Å². The minimum atomic E-state index is -0.654. The molecular formula is C14H23F2N3. The lowest BCUT2D eigenvalue weighted by Crippen LogP contribution is -2.16. The zero-order chi connectivity index (χ0) is 14.3. The Morgan fingerprint density at radius 2 is 1.63 bits per heavy atom. The molecule has 0 radical (unpaired) electrons. The van der Waals surface area contributed by atoms with Crippen LogP contribution in [-0.2, 0) is 0 Å². The molecule has 19 heavy (non-hydrogen) atoms. The van der Waals surface area contributed by atoms with Crippen molar-refractivity contribution in [3.05, 3.63) is 17.7 Å². The number of anilines is 2. The maximum absolute atomic E-state index is 13.6. The summed E-state index contributed by atoms with van der Waals surface area (Å²) >= 11 is 0. The first-order chi connectivity index (χ1) is 9.12. The van der Waals surface area contributed by atoms with Crippen molar-refractivity contribution >= 4 is 11.6 Å². The first-order valence-electron chi connectivity index (χ1n) is 6.96. The third-order valence-corrected chi connectivity index (χ3v) is 3.18. The van der Waals surface area contributed by atoms with Crippen LogP contribution in [0.1, 0.15) is 40.0 Å². The number of hydrogen-bond acceptors (Lipinski definition) is 3. The van der Waals surface area contributed by atoms with E-state index in [-0.39, 0.29) is 11.6 Å². The first-order valence-corrected chi connectivity index (χ1v) is 6.96. The maximum Gasteiger partial charge on any atom is 0.168 e. The first kappa shape index (κ1) is 15.7. The molecule has 0 aliphatic heterocycles. The predicted octanol–water partition coefficient (Wildman–Crippen LogP) is 4.03. The van der Waals surface area contributed by atoms with Crippen molar-refractivity contribution in [2.24, 2.45) is 5.92 Å². The van der Waals surface area contributed by atoms with Crippen molar-refractivity contribution in [2.75, 3.05) is 23.7 Å². The fourth-order valence-corrected chi connectivity index (χ4v) is 1.78. The van der Waals surface area contributed by atoms with Gasteiger partial charge in [0.1, 0.15) is 0 Å². The molecule has 3 nitrogen and oxygen atoms in total. The molecule has 0 aliphatic rings. The zero-order valence-corrected chi connectivity index (χ0v) is 11.9. The fourth-order valence-electron chi connectivity index (χ4n) is 1.78.